The maximum Gasteiger partial charge on any atom is 0.311 e. The summed E-state index contributed by atoms with van der Waals surface area (Å²) in [5.74, 6) is 0.698. The molecule has 0 aliphatic heterocycles. The molecule has 9 heteroatoms. The molecule has 2 bridgehead atoms. The minimum atomic E-state index is -0.954. The van der Waals surface area contributed by atoms with Crippen molar-refractivity contribution in [2.45, 2.75) is 44.7 Å². The molecule has 3 aliphatic rings. The Balaban J connectivity index is 1.70. The number of esters is 1. The van der Waals surface area contributed by atoms with E-state index in [0.29, 0.717) is 29.4 Å². The Hall–Kier alpha value is -1.96. The lowest BCUT2D eigenvalue weighted by Crippen LogP contribution is -2.52. The number of carbonyl (C=O) groups excluding carboxylic acids is 1. The summed E-state index contributed by atoms with van der Waals surface area (Å²) in [5.41, 5.74) is 0.376. The lowest BCUT2D eigenvalue weighted by atomic mass is 9.61. The van der Waals surface area contributed by atoms with Gasteiger partial charge in [-0.25, -0.2) is 13.8 Å². The minimum Gasteiger partial charge on any atom is -0.466 e. The Bertz CT molecular complexity index is 881. The van der Waals surface area contributed by atoms with Crippen molar-refractivity contribution in [3.63, 3.8) is 0 Å². The molecule has 0 amide bonds. The molecule has 3 fully saturated rings. The minimum absolute atomic E-state index is 0.00919. The number of nitrogens with one attached hydrogen (secondary N) is 1. The predicted molar refractivity (Wildman–Crippen MR) is 107 cm³/mol. The predicted octanol–water partition coefficient (Wildman–Crippen LogP) is 4.34. The van der Waals surface area contributed by atoms with Crippen LogP contribution in [0.2, 0.25) is 5.28 Å². The highest BCUT2D eigenvalue weighted by molar-refractivity contribution is 6.28. The molecule has 1 N–H and O–H groups in total. The van der Waals surface area contributed by atoms with Crippen molar-refractivity contribution in [2.24, 2.45) is 17.8 Å². The second-order valence-electron chi connectivity index (χ2n) is 7.89. The average Bonchev–Trinajstić information content (AvgIpc) is 3.14. The molecule has 0 radical (unpaired) electrons. The highest BCUT2D eigenvalue weighted by Crippen LogP contribution is 2.47. The number of anilines is 1. The van der Waals surface area contributed by atoms with E-state index in [1.165, 1.54) is 4.57 Å². The van der Waals surface area contributed by atoms with Gasteiger partial charge in [0.15, 0.2) is 0 Å². The molecule has 0 unspecified atom stereocenters. The number of rotatable bonds is 7. The molecular formula is C20H25ClF2N4O2. The number of alkyl halides is 2. The van der Waals surface area contributed by atoms with Gasteiger partial charge in [-0.2, -0.15) is 4.98 Å². The van der Waals surface area contributed by atoms with E-state index in [4.69, 9.17) is 16.3 Å². The Morgan fingerprint density at radius 2 is 1.97 bits per heavy atom. The van der Waals surface area contributed by atoms with Crippen molar-refractivity contribution in [3.05, 3.63) is 17.5 Å². The van der Waals surface area contributed by atoms with Gasteiger partial charge in [-0.15, -0.1) is 0 Å². The zero-order valence-electron chi connectivity index (χ0n) is 16.3. The summed E-state index contributed by atoms with van der Waals surface area (Å²) in [6.07, 6.45) is 5.75. The van der Waals surface area contributed by atoms with Crippen LogP contribution in [0.4, 0.5) is 14.6 Å². The molecule has 2 aromatic heterocycles. The normalized spacial score (nSPS) is 26.2. The summed E-state index contributed by atoms with van der Waals surface area (Å²) in [6.45, 7) is 0.466. The summed E-state index contributed by atoms with van der Waals surface area (Å²) in [5, 5.41) is 4.06. The second-order valence-corrected chi connectivity index (χ2v) is 8.22. The smallest absolute Gasteiger partial charge is 0.311 e. The lowest BCUT2D eigenvalue weighted by molar-refractivity contribution is -0.154. The van der Waals surface area contributed by atoms with Gasteiger partial charge in [-0.05, 0) is 62.1 Å². The fraction of sp³-hybridized carbons (Fsp3) is 0.650. The van der Waals surface area contributed by atoms with E-state index < -0.39 is 19.4 Å². The number of carbonyl (C=O) groups is 1. The van der Waals surface area contributed by atoms with Crippen LogP contribution in [0.1, 0.15) is 38.6 Å². The maximum absolute atomic E-state index is 13.2. The highest BCUT2D eigenvalue weighted by Gasteiger charge is 2.48. The monoisotopic (exact) mass is 426 g/mol. The molecule has 0 spiro atoms. The van der Waals surface area contributed by atoms with Crippen molar-refractivity contribution in [3.8, 4) is 0 Å². The van der Waals surface area contributed by atoms with Crippen molar-refractivity contribution in [1.82, 2.24) is 14.5 Å². The van der Waals surface area contributed by atoms with E-state index in [1.807, 2.05) is 6.92 Å². The van der Waals surface area contributed by atoms with Crippen LogP contribution in [0.3, 0.4) is 0 Å². The number of aromatic nitrogens is 3. The van der Waals surface area contributed by atoms with Crippen molar-refractivity contribution in [1.29, 1.82) is 0 Å². The third-order valence-corrected chi connectivity index (χ3v) is 6.54. The fourth-order valence-electron chi connectivity index (χ4n) is 4.99. The highest BCUT2D eigenvalue weighted by atomic mass is 35.5. The SMILES string of the molecule is CCOC(=O)[C@@H]1C2CCC(CC2)[C@H]1Nc1nc(Cl)nc2c1ccn2C(CF)CF. The van der Waals surface area contributed by atoms with Crippen LogP contribution in [0, 0.1) is 17.8 Å². The first-order valence-electron chi connectivity index (χ1n) is 10.2. The molecule has 29 heavy (non-hydrogen) atoms. The molecule has 158 valence electrons. The van der Waals surface area contributed by atoms with E-state index in [9.17, 15) is 13.6 Å². The van der Waals surface area contributed by atoms with Crippen LogP contribution in [0.5, 0.6) is 0 Å². The quantitative estimate of drug-likeness (QED) is 0.526. The van der Waals surface area contributed by atoms with Crippen molar-refractivity contribution >= 4 is 34.4 Å². The molecule has 2 atom stereocenters. The topological polar surface area (TPSA) is 69.0 Å². The first-order chi connectivity index (χ1) is 14.1. The van der Waals surface area contributed by atoms with E-state index in [0.717, 1.165) is 25.7 Å². The third-order valence-electron chi connectivity index (χ3n) is 6.38. The Kier molecular flexibility index (Phi) is 5.90. The molecule has 6 nitrogen and oxygen atoms in total. The molecule has 3 saturated carbocycles. The largest absolute Gasteiger partial charge is 0.466 e. The van der Waals surface area contributed by atoms with Gasteiger partial charge in [-0.1, -0.05) is 0 Å². The summed E-state index contributed by atoms with van der Waals surface area (Å²) in [7, 11) is 0. The number of fused-ring (bicyclic) bond motifs is 4. The van der Waals surface area contributed by atoms with Crippen molar-refractivity contribution < 1.29 is 18.3 Å². The lowest BCUT2D eigenvalue weighted by Gasteiger charge is -2.47. The Morgan fingerprint density at radius 1 is 1.28 bits per heavy atom. The third kappa shape index (κ3) is 3.67. The van der Waals surface area contributed by atoms with Gasteiger partial charge in [0.05, 0.1) is 24.0 Å². The molecule has 5 rings (SSSR count). The molecular weight excluding hydrogens is 402 g/mol. The van der Waals surface area contributed by atoms with Gasteiger partial charge in [0, 0.05) is 12.2 Å². The van der Waals surface area contributed by atoms with Gasteiger partial charge in [-0.3, -0.25) is 4.79 Å². The second kappa shape index (κ2) is 8.42. The maximum atomic E-state index is 13.2. The average molecular weight is 427 g/mol. The number of hydrogen-bond donors (Lipinski definition) is 1. The first kappa shape index (κ1) is 20.3. The van der Waals surface area contributed by atoms with Crippen LogP contribution in [-0.4, -0.2) is 46.5 Å². The summed E-state index contributed by atoms with van der Waals surface area (Å²) >= 11 is 6.13. The summed E-state index contributed by atoms with van der Waals surface area (Å²) in [6, 6.07) is 0.661. The summed E-state index contributed by atoms with van der Waals surface area (Å²) in [4.78, 5) is 21.2. The van der Waals surface area contributed by atoms with Gasteiger partial charge in [0.25, 0.3) is 0 Å². The number of ether oxygens (including phenoxy) is 1. The van der Waals surface area contributed by atoms with Gasteiger partial charge < -0.3 is 14.6 Å². The molecule has 3 aliphatic carbocycles. The number of nitrogens with zero attached hydrogens (tertiary/aromatic N) is 3. The van der Waals surface area contributed by atoms with E-state index >= 15 is 0 Å². The Labute approximate surface area is 173 Å². The van der Waals surface area contributed by atoms with Gasteiger partial charge in [0.1, 0.15) is 24.8 Å². The first-order valence-corrected chi connectivity index (χ1v) is 10.5. The van der Waals surface area contributed by atoms with Crippen molar-refractivity contribution in [2.75, 3.05) is 25.3 Å². The zero-order valence-corrected chi connectivity index (χ0v) is 17.0. The van der Waals surface area contributed by atoms with E-state index in [1.54, 1.807) is 12.3 Å². The molecule has 0 aromatic carbocycles. The van der Waals surface area contributed by atoms with Gasteiger partial charge >= 0.3 is 5.97 Å². The Morgan fingerprint density at radius 3 is 2.62 bits per heavy atom. The molecule has 2 heterocycles. The standard InChI is InChI=1S/C20H25ClF2N4O2/c1-2-29-19(28)15-11-3-5-12(6-4-11)16(15)24-17-14-7-8-27(13(9-22)10-23)18(14)26-20(21)25-17/h7-8,11-13,15-16H,2-6,9-10H2,1H3,(H,24,25,26)/t11?,12?,15-,16-/m1/s1. The van der Waals surface area contributed by atoms with E-state index in [-0.39, 0.29) is 29.1 Å². The number of hydrogen-bond acceptors (Lipinski definition) is 5. The molecule has 0 saturated heterocycles. The van der Waals surface area contributed by atoms with Crippen LogP contribution in [-0.2, 0) is 9.53 Å². The van der Waals surface area contributed by atoms with Crippen LogP contribution < -0.4 is 5.32 Å². The van der Waals surface area contributed by atoms with E-state index in [2.05, 4.69) is 15.3 Å². The number of halogens is 3. The summed E-state index contributed by atoms with van der Waals surface area (Å²) < 4.78 is 33.3. The fourth-order valence-corrected chi connectivity index (χ4v) is 5.16. The van der Waals surface area contributed by atoms with Crippen LogP contribution in [0.15, 0.2) is 12.3 Å². The zero-order chi connectivity index (χ0) is 20.5. The van der Waals surface area contributed by atoms with Crippen LogP contribution >= 0.6 is 11.6 Å². The van der Waals surface area contributed by atoms with Gasteiger partial charge in [0.2, 0.25) is 5.28 Å². The van der Waals surface area contributed by atoms with Crippen LogP contribution in [0.25, 0.3) is 11.0 Å². The molecule has 2 aromatic rings.